The second-order valence-corrected chi connectivity index (χ2v) is 6.34. The Hall–Kier alpha value is -2.47. The van der Waals surface area contributed by atoms with Gasteiger partial charge in [-0.2, -0.15) is 0 Å². The minimum absolute atomic E-state index is 0.334. The van der Waals surface area contributed by atoms with Gasteiger partial charge in [0.15, 0.2) is 0 Å². The van der Waals surface area contributed by atoms with Crippen LogP contribution in [0, 0.1) is 17.6 Å². The normalized spacial score (nSPS) is 17.5. The van der Waals surface area contributed by atoms with Crippen molar-refractivity contribution in [2.75, 3.05) is 32.1 Å². The fourth-order valence-electron chi connectivity index (χ4n) is 3.00. The molecule has 0 unspecified atom stereocenters. The molecule has 1 atom stereocenters. The zero-order valence-corrected chi connectivity index (χ0v) is 14.0. The molecule has 1 fully saturated rings. The molecule has 0 radical (unpaired) electrons. The minimum atomic E-state index is -0.579. The number of likely N-dealkylation sites (tertiary alicyclic amines) is 1. The summed E-state index contributed by atoms with van der Waals surface area (Å²) in [6.07, 6.45) is 0.422. The first-order chi connectivity index (χ1) is 12.0. The van der Waals surface area contributed by atoms with E-state index in [4.69, 9.17) is 4.74 Å². The van der Waals surface area contributed by atoms with E-state index in [2.05, 4.69) is 10.2 Å². The number of carbonyl (C=O) groups excluding carboxylic acids is 1. The molecule has 4 nitrogen and oxygen atoms in total. The van der Waals surface area contributed by atoms with Crippen LogP contribution in [0.25, 0.3) is 11.1 Å². The third-order valence-electron chi connectivity index (χ3n) is 4.31. The van der Waals surface area contributed by atoms with E-state index in [-0.39, 0.29) is 5.82 Å². The van der Waals surface area contributed by atoms with Crippen LogP contribution in [-0.4, -0.2) is 37.7 Å². The molecule has 1 aliphatic rings. The molecule has 0 aliphatic carbocycles. The third kappa shape index (κ3) is 4.54. The number of benzene rings is 2. The summed E-state index contributed by atoms with van der Waals surface area (Å²) >= 11 is 0. The fraction of sp³-hybridized carbons (Fsp3) is 0.316. The Morgan fingerprint density at radius 3 is 2.60 bits per heavy atom. The summed E-state index contributed by atoms with van der Waals surface area (Å²) in [5, 5.41) is 2.65. The van der Waals surface area contributed by atoms with Gasteiger partial charge in [-0.3, -0.25) is 5.32 Å². The molecule has 1 aliphatic heterocycles. The van der Waals surface area contributed by atoms with Crippen LogP contribution in [0.4, 0.5) is 19.3 Å². The van der Waals surface area contributed by atoms with Crippen molar-refractivity contribution >= 4 is 11.8 Å². The van der Waals surface area contributed by atoms with Crippen LogP contribution in [0.1, 0.15) is 6.42 Å². The number of hydrogen-bond donors (Lipinski definition) is 1. The summed E-state index contributed by atoms with van der Waals surface area (Å²) < 4.78 is 32.0. The van der Waals surface area contributed by atoms with Crippen LogP contribution in [0.5, 0.6) is 0 Å². The van der Waals surface area contributed by atoms with Crippen LogP contribution in [-0.2, 0) is 4.74 Å². The molecule has 1 amide bonds. The Labute approximate surface area is 145 Å². The van der Waals surface area contributed by atoms with E-state index in [9.17, 15) is 13.6 Å². The van der Waals surface area contributed by atoms with Gasteiger partial charge in [0.25, 0.3) is 0 Å². The van der Waals surface area contributed by atoms with Gasteiger partial charge in [0.1, 0.15) is 11.6 Å². The van der Waals surface area contributed by atoms with Gasteiger partial charge in [0.05, 0.1) is 12.3 Å². The second-order valence-electron chi connectivity index (χ2n) is 6.34. The minimum Gasteiger partial charge on any atom is -0.449 e. The third-order valence-corrected chi connectivity index (χ3v) is 4.31. The molecule has 25 heavy (non-hydrogen) atoms. The predicted molar refractivity (Wildman–Crippen MR) is 92.4 cm³/mol. The highest BCUT2D eigenvalue weighted by Crippen LogP contribution is 2.29. The largest absolute Gasteiger partial charge is 0.449 e. The monoisotopic (exact) mass is 346 g/mol. The molecule has 0 saturated carbocycles. The summed E-state index contributed by atoms with van der Waals surface area (Å²) in [6.45, 7) is 2.26. The van der Waals surface area contributed by atoms with Crippen LogP contribution < -0.4 is 5.32 Å². The Bertz CT molecular complexity index is 750. The SMILES string of the molecule is CN1CC[C@@H](COC(=O)Nc2ccc(F)cc2-c2ccc(F)cc2)C1. The quantitative estimate of drug-likeness (QED) is 0.905. The standard InChI is InChI=1S/C19H20F2N2O2/c1-23-9-8-13(11-23)12-25-19(24)22-18-7-6-16(21)10-17(18)14-2-4-15(20)5-3-14/h2-7,10,13H,8-9,11-12H2,1H3,(H,22,24)/t13-/m1/s1. The Morgan fingerprint density at radius 1 is 1.20 bits per heavy atom. The summed E-state index contributed by atoms with van der Waals surface area (Å²) in [5.74, 6) is -0.483. The lowest BCUT2D eigenvalue weighted by Gasteiger charge is -2.14. The van der Waals surface area contributed by atoms with Gasteiger partial charge in [-0.1, -0.05) is 12.1 Å². The van der Waals surface area contributed by atoms with Crippen LogP contribution in [0.3, 0.4) is 0 Å². The van der Waals surface area contributed by atoms with Crippen LogP contribution in [0.15, 0.2) is 42.5 Å². The smallest absolute Gasteiger partial charge is 0.411 e. The molecule has 0 aromatic heterocycles. The lowest BCUT2D eigenvalue weighted by Crippen LogP contribution is -2.21. The average molecular weight is 346 g/mol. The highest BCUT2D eigenvalue weighted by atomic mass is 19.1. The first-order valence-corrected chi connectivity index (χ1v) is 8.19. The molecule has 6 heteroatoms. The maximum atomic E-state index is 13.6. The molecule has 2 aromatic rings. The number of carbonyl (C=O) groups is 1. The van der Waals surface area contributed by atoms with Gasteiger partial charge in [-0.25, -0.2) is 13.6 Å². The van der Waals surface area contributed by atoms with Crippen molar-refractivity contribution in [2.45, 2.75) is 6.42 Å². The molecule has 3 rings (SSSR count). The van der Waals surface area contributed by atoms with Crippen molar-refractivity contribution in [3.63, 3.8) is 0 Å². The Balaban J connectivity index is 1.69. The van der Waals surface area contributed by atoms with Gasteiger partial charge in [0, 0.05) is 18.0 Å². The summed E-state index contributed by atoms with van der Waals surface area (Å²) in [7, 11) is 2.04. The number of amides is 1. The number of anilines is 1. The van der Waals surface area contributed by atoms with Crippen molar-refractivity contribution in [2.24, 2.45) is 5.92 Å². The lowest BCUT2D eigenvalue weighted by atomic mass is 10.0. The van der Waals surface area contributed by atoms with Gasteiger partial charge >= 0.3 is 6.09 Å². The number of rotatable bonds is 4. The van der Waals surface area contributed by atoms with E-state index in [1.54, 1.807) is 0 Å². The van der Waals surface area contributed by atoms with E-state index in [1.165, 1.54) is 42.5 Å². The molecule has 0 spiro atoms. The molecule has 2 aromatic carbocycles. The van der Waals surface area contributed by atoms with Crippen LogP contribution in [0.2, 0.25) is 0 Å². The highest BCUT2D eigenvalue weighted by Gasteiger charge is 2.21. The van der Waals surface area contributed by atoms with E-state index >= 15 is 0 Å². The number of nitrogens with one attached hydrogen (secondary N) is 1. The molecule has 132 valence electrons. The zero-order valence-electron chi connectivity index (χ0n) is 14.0. The highest BCUT2D eigenvalue weighted by molar-refractivity contribution is 5.91. The molecular formula is C19H20F2N2O2. The number of ether oxygens (including phenoxy) is 1. The fourth-order valence-corrected chi connectivity index (χ4v) is 3.00. The molecule has 1 saturated heterocycles. The number of halogens is 2. The van der Waals surface area contributed by atoms with Crippen molar-refractivity contribution in [1.29, 1.82) is 0 Å². The van der Waals surface area contributed by atoms with Crippen molar-refractivity contribution in [3.05, 3.63) is 54.1 Å². The first-order valence-electron chi connectivity index (χ1n) is 8.19. The van der Waals surface area contributed by atoms with E-state index < -0.39 is 11.9 Å². The Kier molecular flexibility index (Phi) is 5.28. The first kappa shape index (κ1) is 17.4. The topological polar surface area (TPSA) is 41.6 Å². The van der Waals surface area contributed by atoms with Gasteiger partial charge in [-0.15, -0.1) is 0 Å². The van der Waals surface area contributed by atoms with Crippen LogP contribution >= 0.6 is 0 Å². The van der Waals surface area contributed by atoms with Gasteiger partial charge < -0.3 is 9.64 Å². The van der Waals surface area contributed by atoms with Crippen molar-refractivity contribution < 1.29 is 18.3 Å². The molecular weight excluding hydrogens is 326 g/mol. The lowest BCUT2D eigenvalue weighted by molar-refractivity contribution is 0.142. The number of hydrogen-bond acceptors (Lipinski definition) is 3. The molecule has 0 bridgehead atoms. The molecule has 1 heterocycles. The Morgan fingerprint density at radius 2 is 1.92 bits per heavy atom. The van der Waals surface area contributed by atoms with E-state index in [0.717, 1.165) is 19.5 Å². The van der Waals surface area contributed by atoms with Crippen molar-refractivity contribution in [1.82, 2.24) is 4.90 Å². The zero-order chi connectivity index (χ0) is 17.8. The summed E-state index contributed by atoms with van der Waals surface area (Å²) in [6, 6.07) is 9.68. The van der Waals surface area contributed by atoms with Crippen molar-refractivity contribution in [3.8, 4) is 11.1 Å². The van der Waals surface area contributed by atoms with E-state index in [1.807, 2.05) is 7.05 Å². The van der Waals surface area contributed by atoms with Gasteiger partial charge in [-0.05, 0) is 55.9 Å². The maximum Gasteiger partial charge on any atom is 0.411 e. The average Bonchev–Trinajstić information content (AvgIpc) is 3.01. The van der Waals surface area contributed by atoms with E-state index in [0.29, 0.717) is 29.3 Å². The molecule has 1 N–H and O–H groups in total. The second kappa shape index (κ2) is 7.61. The summed E-state index contributed by atoms with van der Waals surface area (Å²) in [5.41, 5.74) is 1.49. The summed E-state index contributed by atoms with van der Waals surface area (Å²) in [4.78, 5) is 14.3. The predicted octanol–water partition coefficient (Wildman–Crippen LogP) is 4.13. The maximum absolute atomic E-state index is 13.6. The van der Waals surface area contributed by atoms with Gasteiger partial charge in [0.2, 0.25) is 0 Å². The number of nitrogens with zero attached hydrogens (tertiary/aromatic N) is 1.